The number of nitrogens with zero attached hydrogens (tertiary/aromatic N) is 2. The Morgan fingerprint density at radius 3 is 2.45 bits per heavy atom. The molecule has 6 nitrogen and oxygen atoms in total. The molecule has 2 aromatic rings. The van der Waals surface area contributed by atoms with E-state index in [1.165, 1.54) is 12.0 Å². The van der Waals surface area contributed by atoms with Gasteiger partial charge in [-0.05, 0) is 43.0 Å². The van der Waals surface area contributed by atoms with Crippen LogP contribution in [-0.4, -0.2) is 44.0 Å². The summed E-state index contributed by atoms with van der Waals surface area (Å²) in [5.74, 6) is 0.585. The number of imide groups is 1. The smallest absolute Gasteiger partial charge is 0.282 e. The lowest BCUT2D eigenvalue weighted by atomic mass is 9.97. The number of likely N-dealkylation sites (tertiary alicyclic amines) is 1. The molecule has 1 unspecified atom stereocenters. The second-order valence-electron chi connectivity index (χ2n) is 7.88. The van der Waals surface area contributed by atoms with Crippen molar-refractivity contribution in [1.82, 2.24) is 4.90 Å². The van der Waals surface area contributed by atoms with Crippen molar-refractivity contribution in [2.75, 3.05) is 32.2 Å². The van der Waals surface area contributed by atoms with Crippen molar-refractivity contribution in [2.24, 2.45) is 5.92 Å². The number of halogens is 1. The van der Waals surface area contributed by atoms with Gasteiger partial charge < -0.3 is 14.4 Å². The first-order valence-electron chi connectivity index (χ1n) is 10.3. The summed E-state index contributed by atoms with van der Waals surface area (Å²) >= 11 is 6.20. The normalized spacial score (nSPS) is 19.3. The van der Waals surface area contributed by atoms with Crippen molar-refractivity contribution in [2.45, 2.75) is 19.8 Å². The molecule has 0 saturated carbocycles. The number of methoxy groups -OCH3 is 2. The molecule has 2 heterocycles. The van der Waals surface area contributed by atoms with Crippen LogP contribution in [0.2, 0.25) is 5.02 Å². The van der Waals surface area contributed by atoms with Gasteiger partial charge in [0.25, 0.3) is 11.8 Å². The lowest BCUT2D eigenvalue weighted by Crippen LogP contribution is -2.39. The van der Waals surface area contributed by atoms with Gasteiger partial charge in [-0.15, -0.1) is 0 Å². The number of piperidine rings is 1. The van der Waals surface area contributed by atoms with Gasteiger partial charge in [0.1, 0.15) is 17.2 Å². The van der Waals surface area contributed by atoms with Crippen molar-refractivity contribution >= 4 is 34.7 Å². The number of ether oxygens (including phenoxy) is 2. The molecule has 0 bridgehead atoms. The summed E-state index contributed by atoms with van der Waals surface area (Å²) in [6.45, 7) is 3.60. The molecular weight excluding hydrogens is 416 g/mol. The second-order valence-corrected chi connectivity index (χ2v) is 8.32. The van der Waals surface area contributed by atoms with E-state index in [-0.39, 0.29) is 5.91 Å². The Bertz CT molecular complexity index is 1070. The molecule has 31 heavy (non-hydrogen) atoms. The average molecular weight is 441 g/mol. The van der Waals surface area contributed by atoms with E-state index in [0.717, 1.165) is 19.4 Å². The number of para-hydroxylation sites is 1. The van der Waals surface area contributed by atoms with E-state index in [1.54, 1.807) is 31.4 Å². The SMILES string of the molecule is COc1ccccc1C1=C(N2CCCC(C)C2)C(=O)N(c2cc(Cl)ccc2OC)C1=O. The summed E-state index contributed by atoms with van der Waals surface area (Å²) in [5.41, 5.74) is 1.68. The first-order valence-corrected chi connectivity index (χ1v) is 10.7. The lowest BCUT2D eigenvalue weighted by Gasteiger charge is -2.33. The van der Waals surface area contributed by atoms with Crippen molar-refractivity contribution in [1.29, 1.82) is 0 Å². The van der Waals surface area contributed by atoms with Gasteiger partial charge in [-0.25, -0.2) is 4.90 Å². The van der Waals surface area contributed by atoms with Crippen molar-refractivity contribution in [3.8, 4) is 11.5 Å². The van der Waals surface area contributed by atoms with Crippen LogP contribution in [0.1, 0.15) is 25.3 Å². The molecule has 7 heteroatoms. The van der Waals surface area contributed by atoms with Gasteiger partial charge in [-0.1, -0.05) is 36.7 Å². The highest BCUT2D eigenvalue weighted by Gasteiger charge is 2.44. The predicted octanol–water partition coefficient (Wildman–Crippen LogP) is 4.37. The van der Waals surface area contributed by atoms with Crippen LogP contribution in [0, 0.1) is 5.92 Å². The highest BCUT2D eigenvalue weighted by atomic mass is 35.5. The molecule has 162 valence electrons. The van der Waals surface area contributed by atoms with Gasteiger partial charge >= 0.3 is 0 Å². The zero-order chi connectivity index (χ0) is 22.1. The number of hydrogen-bond donors (Lipinski definition) is 0. The predicted molar refractivity (Wildman–Crippen MR) is 120 cm³/mol. The number of anilines is 1. The monoisotopic (exact) mass is 440 g/mol. The van der Waals surface area contributed by atoms with E-state index in [9.17, 15) is 9.59 Å². The third-order valence-electron chi connectivity index (χ3n) is 5.79. The van der Waals surface area contributed by atoms with E-state index >= 15 is 0 Å². The third kappa shape index (κ3) is 3.76. The van der Waals surface area contributed by atoms with Gasteiger partial charge in [0, 0.05) is 23.7 Å². The Morgan fingerprint density at radius 1 is 1.00 bits per heavy atom. The summed E-state index contributed by atoms with van der Waals surface area (Å²) in [4.78, 5) is 30.7. The maximum absolute atomic E-state index is 13.8. The molecule has 0 spiro atoms. The van der Waals surface area contributed by atoms with Crippen LogP contribution < -0.4 is 14.4 Å². The van der Waals surface area contributed by atoms with Gasteiger partial charge in [0.15, 0.2) is 0 Å². The number of rotatable bonds is 5. The largest absolute Gasteiger partial charge is 0.496 e. The van der Waals surface area contributed by atoms with Crippen LogP contribution in [-0.2, 0) is 9.59 Å². The molecule has 4 rings (SSSR count). The molecule has 0 N–H and O–H groups in total. The quantitative estimate of drug-likeness (QED) is 0.646. The first kappa shape index (κ1) is 21.2. The molecule has 2 aliphatic heterocycles. The fraction of sp³-hybridized carbons (Fsp3) is 0.333. The van der Waals surface area contributed by atoms with Crippen LogP contribution in [0.25, 0.3) is 5.57 Å². The summed E-state index contributed by atoms with van der Waals surface area (Å²) in [7, 11) is 3.06. The van der Waals surface area contributed by atoms with Gasteiger partial charge in [0.2, 0.25) is 0 Å². The minimum Gasteiger partial charge on any atom is -0.496 e. The molecule has 1 atom stereocenters. The highest BCUT2D eigenvalue weighted by molar-refractivity contribution is 6.46. The second kappa shape index (κ2) is 8.63. The van der Waals surface area contributed by atoms with Crippen molar-refractivity contribution in [3.63, 3.8) is 0 Å². The van der Waals surface area contributed by atoms with Crippen LogP contribution in [0.5, 0.6) is 11.5 Å². The number of amides is 2. The molecule has 0 aromatic heterocycles. The molecule has 0 aliphatic carbocycles. The zero-order valence-corrected chi connectivity index (χ0v) is 18.6. The summed E-state index contributed by atoms with van der Waals surface area (Å²) in [5, 5.41) is 0.412. The molecule has 0 radical (unpaired) electrons. The Balaban J connectivity index is 1.90. The average Bonchev–Trinajstić information content (AvgIpc) is 3.03. The molecule has 1 fully saturated rings. The minimum atomic E-state index is -0.414. The maximum atomic E-state index is 13.8. The van der Waals surface area contributed by atoms with Gasteiger partial charge in [-0.2, -0.15) is 0 Å². The molecule has 1 saturated heterocycles. The van der Waals surface area contributed by atoms with Gasteiger partial charge in [0.05, 0.1) is 25.5 Å². The Morgan fingerprint density at radius 2 is 1.74 bits per heavy atom. The molecular formula is C24H25ClN2O4. The van der Waals surface area contributed by atoms with Crippen LogP contribution >= 0.6 is 11.6 Å². The van der Waals surface area contributed by atoms with Crippen molar-refractivity contribution < 1.29 is 19.1 Å². The Hall–Kier alpha value is -2.99. The zero-order valence-electron chi connectivity index (χ0n) is 17.9. The maximum Gasteiger partial charge on any atom is 0.282 e. The van der Waals surface area contributed by atoms with Crippen LogP contribution in [0.15, 0.2) is 48.2 Å². The first-order chi connectivity index (χ1) is 15.0. The Kier molecular flexibility index (Phi) is 5.92. The van der Waals surface area contributed by atoms with E-state index < -0.39 is 5.91 Å². The topological polar surface area (TPSA) is 59.1 Å². The summed E-state index contributed by atoms with van der Waals surface area (Å²) in [6.07, 6.45) is 2.06. The summed E-state index contributed by atoms with van der Waals surface area (Å²) in [6, 6.07) is 12.2. The molecule has 2 aliphatic rings. The highest BCUT2D eigenvalue weighted by Crippen LogP contribution is 2.42. The summed E-state index contributed by atoms with van der Waals surface area (Å²) < 4.78 is 11.0. The lowest BCUT2D eigenvalue weighted by molar-refractivity contribution is -0.120. The number of hydrogen-bond acceptors (Lipinski definition) is 5. The van der Waals surface area contributed by atoms with E-state index in [4.69, 9.17) is 21.1 Å². The third-order valence-corrected chi connectivity index (χ3v) is 6.03. The number of carbonyl (C=O) groups is 2. The number of benzene rings is 2. The molecule has 2 aromatic carbocycles. The Labute approximate surface area is 187 Å². The minimum absolute atomic E-state index is 0.331. The van der Waals surface area contributed by atoms with Crippen molar-refractivity contribution in [3.05, 3.63) is 58.7 Å². The fourth-order valence-corrected chi connectivity index (χ4v) is 4.52. The standard InChI is InChI=1S/C24H25ClN2O4/c1-15-7-6-12-26(14-15)22-21(17-8-4-5-9-19(17)30-2)23(28)27(24(22)29)18-13-16(25)10-11-20(18)31-3/h4-5,8-11,13,15H,6-7,12,14H2,1-3H3. The van der Waals surface area contributed by atoms with Gasteiger partial charge in [-0.3, -0.25) is 9.59 Å². The fourth-order valence-electron chi connectivity index (χ4n) is 4.35. The number of carbonyl (C=O) groups excluding carboxylic acids is 2. The van der Waals surface area contributed by atoms with E-state index in [0.29, 0.717) is 51.5 Å². The van der Waals surface area contributed by atoms with E-state index in [2.05, 4.69) is 6.92 Å². The van der Waals surface area contributed by atoms with Crippen LogP contribution in [0.4, 0.5) is 5.69 Å². The van der Waals surface area contributed by atoms with E-state index in [1.807, 2.05) is 23.1 Å². The molecule has 2 amide bonds. The van der Waals surface area contributed by atoms with Crippen LogP contribution in [0.3, 0.4) is 0 Å².